The number of rotatable bonds is 8. The molecular weight excluding hydrogens is 378 g/mol. The number of carbonyl (C=O) groups is 2. The maximum absolute atomic E-state index is 12.3. The molecule has 0 heterocycles. The van der Waals surface area contributed by atoms with Crippen molar-refractivity contribution in [2.75, 3.05) is 21.1 Å². The van der Waals surface area contributed by atoms with Crippen molar-refractivity contribution in [2.24, 2.45) is 5.92 Å². The Bertz CT molecular complexity index is 921. The Kier molecular flexibility index (Phi) is 7.17. The average Bonchev–Trinajstić information content (AvgIpc) is 2.63. The second-order valence-electron chi connectivity index (χ2n) is 6.67. The second-order valence-corrected chi connectivity index (χ2v) is 8.52. The van der Waals surface area contributed by atoms with Crippen molar-refractivity contribution in [1.29, 1.82) is 0 Å². The van der Waals surface area contributed by atoms with E-state index in [9.17, 15) is 18.0 Å². The number of sulfonamides is 1. The van der Waals surface area contributed by atoms with E-state index in [4.69, 9.17) is 0 Å². The molecule has 0 fully saturated rings. The molecule has 8 heteroatoms. The number of benzene rings is 2. The molecular formula is C20H25N3O4S. The highest BCUT2D eigenvalue weighted by molar-refractivity contribution is 7.92. The van der Waals surface area contributed by atoms with Crippen molar-refractivity contribution in [2.45, 2.75) is 27.2 Å². The van der Waals surface area contributed by atoms with Gasteiger partial charge in [0.25, 0.3) is 5.91 Å². The maximum atomic E-state index is 12.3. The van der Waals surface area contributed by atoms with Crippen molar-refractivity contribution in [3.05, 3.63) is 54.1 Å². The lowest BCUT2D eigenvalue weighted by atomic mass is 10.1. The van der Waals surface area contributed by atoms with E-state index in [2.05, 4.69) is 15.4 Å². The van der Waals surface area contributed by atoms with Gasteiger partial charge in [-0.15, -0.1) is 0 Å². The van der Waals surface area contributed by atoms with Gasteiger partial charge in [0.15, 0.2) is 0 Å². The second kappa shape index (κ2) is 9.36. The number of amides is 2. The first kappa shape index (κ1) is 21.4. The molecule has 0 aromatic heterocycles. The van der Waals surface area contributed by atoms with Gasteiger partial charge in [-0.05, 0) is 55.0 Å². The molecule has 0 bridgehead atoms. The van der Waals surface area contributed by atoms with Gasteiger partial charge in [-0.3, -0.25) is 14.3 Å². The van der Waals surface area contributed by atoms with Crippen LogP contribution in [0.25, 0.3) is 0 Å². The van der Waals surface area contributed by atoms with Crippen LogP contribution in [0.2, 0.25) is 0 Å². The zero-order valence-electron chi connectivity index (χ0n) is 16.2. The third-order valence-corrected chi connectivity index (χ3v) is 5.32. The van der Waals surface area contributed by atoms with Crippen LogP contribution in [0.1, 0.15) is 37.6 Å². The summed E-state index contributed by atoms with van der Waals surface area (Å²) in [5, 5.41) is 5.51. The molecule has 3 N–H and O–H groups in total. The van der Waals surface area contributed by atoms with E-state index in [1.807, 2.05) is 0 Å². The summed E-state index contributed by atoms with van der Waals surface area (Å²) in [7, 11) is -3.35. The Morgan fingerprint density at radius 2 is 1.36 bits per heavy atom. The standard InChI is InChI=1S/C20H25N3O4S/c1-4-13-28(26,27)23-18-11-9-17(10-12-18)22-20(25)15-5-7-16(8-6-15)21-19(24)14(2)3/h5-12,14,23H,4,13H2,1-3H3,(H,21,24)(H,22,25). The van der Waals surface area contributed by atoms with E-state index >= 15 is 0 Å². The van der Waals surface area contributed by atoms with Gasteiger partial charge in [0.05, 0.1) is 5.75 Å². The molecule has 0 unspecified atom stereocenters. The largest absolute Gasteiger partial charge is 0.326 e. The average molecular weight is 404 g/mol. The van der Waals surface area contributed by atoms with Crippen LogP contribution >= 0.6 is 0 Å². The first-order valence-corrected chi connectivity index (χ1v) is 10.7. The number of carbonyl (C=O) groups excluding carboxylic acids is 2. The van der Waals surface area contributed by atoms with Gasteiger partial charge in [-0.2, -0.15) is 0 Å². The molecule has 28 heavy (non-hydrogen) atoms. The van der Waals surface area contributed by atoms with Crippen molar-refractivity contribution in [3.63, 3.8) is 0 Å². The third-order valence-electron chi connectivity index (χ3n) is 3.83. The van der Waals surface area contributed by atoms with Crippen LogP contribution in [-0.2, 0) is 14.8 Å². The lowest BCUT2D eigenvalue weighted by molar-refractivity contribution is -0.118. The Labute approximate surface area is 165 Å². The maximum Gasteiger partial charge on any atom is 0.255 e. The van der Waals surface area contributed by atoms with Crippen LogP contribution < -0.4 is 15.4 Å². The molecule has 2 rings (SSSR count). The van der Waals surface area contributed by atoms with Crippen LogP contribution in [0.3, 0.4) is 0 Å². The van der Waals surface area contributed by atoms with E-state index in [-0.39, 0.29) is 23.5 Å². The zero-order chi connectivity index (χ0) is 20.7. The fraction of sp³-hybridized carbons (Fsp3) is 0.300. The van der Waals surface area contributed by atoms with Crippen molar-refractivity contribution in [3.8, 4) is 0 Å². The van der Waals surface area contributed by atoms with Crippen molar-refractivity contribution >= 4 is 38.9 Å². The molecule has 0 atom stereocenters. The fourth-order valence-electron chi connectivity index (χ4n) is 2.32. The lowest BCUT2D eigenvalue weighted by Crippen LogP contribution is -2.18. The quantitative estimate of drug-likeness (QED) is 0.625. The predicted molar refractivity (Wildman–Crippen MR) is 112 cm³/mol. The van der Waals surface area contributed by atoms with Gasteiger partial charge >= 0.3 is 0 Å². The monoisotopic (exact) mass is 403 g/mol. The van der Waals surface area contributed by atoms with Crippen LogP contribution in [0.15, 0.2) is 48.5 Å². The third kappa shape index (κ3) is 6.38. The molecule has 0 spiro atoms. The molecule has 0 radical (unpaired) electrons. The van der Waals surface area contributed by atoms with Gasteiger partial charge in [-0.1, -0.05) is 20.8 Å². The summed E-state index contributed by atoms with van der Waals surface area (Å²) in [4.78, 5) is 24.0. The normalized spacial score (nSPS) is 11.1. The smallest absolute Gasteiger partial charge is 0.255 e. The molecule has 0 aliphatic rings. The first-order valence-electron chi connectivity index (χ1n) is 9.03. The Morgan fingerprint density at radius 1 is 0.857 bits per heavy atom. The Hall–Kier alpha value is -2.87. The molecule has 150 valence electrons. The number of hydrogen-bond acceptors (Lipinski definition) is 4. The first-order chi connectivity index (χ1) is 13.2. The van der Waals surface area contributed by atoms with Gasteiger partial charge in [0, 0.05) is 28.5 Å². The molecule has 2 aromatic rings. The highest BCUT2D eigenvalue weighted by Crippen LogP contribution is 2.17. The Balaban J connectivity index is 1.98. The van der Waals surface area contributed by atoms with Gasteiger partial charge in [0.1, 0.15) is 0 Å². The molecule has 0 saturated carbocycles. The predicted octanol–water partition coefficient (Wildman–Crippen LogP) is 3.69. The minimum absolute atomic E-state index is 0.0547. The highest BCUT2D eigenvalue weighted by Gasteiger charge is 2.11. The van der Waals surface area contributed by atoms with Gasteiger partial charge in [-0.25, -0.2) is 8.42 Å². The van der Waals surface area contributed by atoms with Crippen LogP contribution in [0.5, 0.6) is 0 Å². The fourth-order valence-corrected chi connectivity index (χ4v) is 3.45. The molecule has 2 amide bonds. The van der Waals surface area contributed by atoms with Crippen LogP contribution in [0, 0.1) is 5.92 Å². The number of nitrogens with one attached hydrogen (secondary N) is 3. The van der Waals surface area contributed by atoms with Crippen molar-refractivity contribution in [1.82, 2.24) is 0 Å². The number of anilines is 3. The van der Waals surface area contributed by atoms with E-state index < -0.39 is 10.0 Å². The van der Waals surface area contributed by atoms with Gasteiger partial charge < -0.3 is 10.6 Å². The van der Waals surface area contributed by atoms with E-state index in [0.717, 1.165) is 0 Å². The summed E-state index contributed by atoms with van der Waals surface area (Å²) in [6.07, 6.45) is 0.531. The van der Waals surface area contributed by atoms with Gasteiger partial charge in [0.2, 0.25) is 15.9 Å². The van der Waals surface area contributed by atoms with Crippen molar-refractivity contribution < 1.29 is 18.0 Å². The summed E-state index contributed by atoms with van der Waals surface area (Å²) in [6.45, 7) is 5.40. The molecule has 0 saturated heterocycles. The minimum Gasteiger partial charge on any atom is -0.326 e. The van der Waals surface area contributed by atoms with E-state index in [0.29, 0.717) is 29.0 Å². The topological polar surface area (TPSA) is 104 Å². The summed E-state index contributed by atoms with van der Waals surface area (Å²) in [5.41, 5.74) is 2.05. The van der Waals surface area contributed by atoms with E-state index in [1.165, 1.54) is 0 Å². The summed E-state index contributed by atoms with van der Waals surface area (Å²) in [5.74, 6) is -0.468. The SMILES string of the molecule is CCCS(=O)(=O)Nc1ccc(NC(=O)c2ccc(NC(=O)C(C)C)cc2)cc1. The molecule has 7 nitrogen and oxygen atoms in total. The molecule has 2 aromatic carbocycles. The minimum atomic E-state index is -3.35. The lowest BCUT2D eigenvalue weighted by Gasteiger charge is -2.10. The highest BCUT2D eigenvalue weighted by atomic mass is 32.2. The molecule has 0 aliphatic heterocycles. The summed E-state index contributed by atoms with van der Waals surface area (Å²) < 4.78 is 26.0. The van der Waals surface area contributed by atoms with Crippen LogP contribution in [0.4, 0.5) is 17.1 Å². The molecule has 0 aliphatic carbocycles. The summed E-state index contributed by atoms with van der Waals surface area (Å²) >= 11 is 0. The number of hydrogen-bond donors (Lipinski definition) is 3. The summed E-state index contributed by atoms with van der Waals surface area (Å²) in [6, 6.07) is 13.0. The zero-order valence-corrected chi connectivity index (χ0v) is 17.0. The van der Waals surface area contributed by atoms with E-state index in [1.54, 1.807) is 69.3 Å². The van der Waals surface area contributed by atoms with Crippen LogP contribution in [-0.4, -0.2) is 26.0 Å². The Morgan fingerprint density at radius 3 is 1.89 bits per heavy atom.